The molecule has 0 amide bonds. The van der Waals surface area contributed by atoms with Crippen molar-refractivity contribution in [3.05, 3.63) is 119 Å². The predicted octanol–water partition coefficient (Wildman–Crippen LogP) is 5.40. The minimum absolute atomic E-state index is 0.303. The molecule has 0 saturated heterocycles. The Bertz CT molecular complexity index is 1230. The monoisotopic (exact) mass is 423 g/mol. The van der Waals surface area contributed by atoms with Crippen LogP contribution in [0.3, 0.4) is 0 Å². The second kappa shape index (κ2) is 9.88. The molecule has 1 N–H and O–H groups in total. The number of rotatable bonds is 8. The molecule has 0 unspecified atom stereocenters. The Morgan fingerprint density at radius 1 is 0.906 bits per heavy atom. The van der Waals surface area contributed by atoms with Crippen molar-refractivity contribution in [2.24, 2.45) is 0 Å². The van der Waals surface area contributed by atoms with Crippen LogP contribution in [0.25, 0.3) is 11.1 Å². The number of allylic oxidation sites excluding steroid dienone is 2. The number of carboxylic acids is 1. The van der Waals surface area contributed by atoms with Crippen LogP contribution in [0.4, 0.5) is 0 Å². The lowest BCUT2D eigenvalue weighted by Crippen LogP contribution is -2.05. The summed E-state index contributed by atoms with van der Waals surface area (Å²) in [6.07, 6.45) is 5.43. The Morgan fingerprint density at radius 3 is 2.31 bits per heavy atom. The molecule has 0 aliphatic rings. The van der Waals surface area contributed by atoms with E-state index in [2.05, 4.69) is 18.2 Å². The molecular formula is C27H25N3O2. The summed E-state index contributed by atoms with van der Waals surface area (Å²) < 4.78 is 1.95. The summed E-state index contributed by atoms with van der Waals surface area (Å²) in [7, 11) is 0. The third kappa shape index (κ3) is 5.01. The van der Waals surface area contributed by atoms with Crippen LogP contribution < -0.4 is 0 Å². The molecule has 0 aliphatic heterocycles. The van der Waals surface area contributed by atoms with Crippen molar-refractivity contribution in [3.8, 4) is 11.1 Å². The van der Waals surface area contributed by atoms with Crippen LogP contribution in [0, 0.1) is 0 Å². The van der Waals surface area contributed by atoms with Gasteiger partial charge in [-0.1, -0.05) is 84.9 Å². The maximum absolute atomic E-state index is 11.5. The first-order valence-electron chi connectivity index (χ1n) is 10.6. The van der Waals surface area contributed by atoms with Crippen molar-refractivity contribution in [3.63, 3.8) is 0 Å². The number of aromatic carboxylic acids is 1. The van der Waals surface area contributed by atoms with E-state index in [0.717, 1.165) is 22.8 Å². The van der Waals surface area contributed by atoms with E-state index in [4.69, 9.17) is 10.1 Å². The van der Waals surface area contributed by atoms with Gasteiger partial charge in [0.15, 0.2) is 5.82 Å². The van der Waals surface area contributed by atoms with Gasteiger partial charge in [0.25, 0.3) is 0 Å². The summed E-state index contributed by atoms with van der Waals surface area (Å²) in [6.45, 7) is 2.67. The largest absolute Gasteiger partial charge is 0.478 e. The molecule has 0 atom stereocenters. The lowest BCUT2D eigenvalue weighted by atomic mass is 9.98. The maximum Gasteiger partial charge on any atom is 0.336 e. The van der Waals surface area contributed by atoms with E-state index in [-0.39, 0.29) is 0 Å². The second-order valence-electron chi connectivity index (χ2n) is 7.58. The molecule has 0 aliphatic carbocycles. The number of aromatic nitrogens is 3. The van der Waals surface area contributed by atoms with Gasteiger partial charge in [0.1, 0.15) is 5.82 Å². The lowest BCUT2D eigenvalue weighted by molar-refractivity contribution is 0.0697. The van der Waals surface area contributed by atoms with Crippen molar-refractivity contribution in [2.45, 2.75) is 26.3 Å². The van der Waals surface area contributed by atoms with E-state index in [1.807, 2.05) is 72.3 Å². The van der Waals surface area contributed by atoms with Gasteiger partial charge in [-0.05, 0) is 35.2 Å². The fraction of sp³-hybridized carbons (Fsp3) is 0.148. The summed E-state index contributed by atoms with van der Waals surface area (Å²) >= 11 is 0. The van der Waals surface area contributed by atoms with Gasteiger partial charge >= 0.3 is 5.97 Å². The van der Waals surface area contributed by atoms with E-state index in [1.165, 1.54) is 5.56 Å². The Labute approximate surface area is 187 Å². The van der Waals surface area contributed by atoms with Crippen LogP contribution in [0.5, 0.6) is 0 Å². The average Bonchev–Trinajstić information content (AvgIpc) is 3.19. The Balaban J connectivity index is 1.57. The molecule has 0 radical (unpaired) electrons. The van der Waals surface area contributed by atoms with Crippen molar-refractivity contribution >= 4 is 5.97 Å². The molecule has 4 rings (SSSR count). The minimum atomic E-state index is -0.923. The van der Waals surface area contributed by atoms with Crippen LogP contribution in [0.15, 0.2) is 91.0 Å². The summed E-state index contributed by atoms with van der Waals surface area (Å²) in [4.78, 5) is 16.3. The third-order valence-corrected chi connectivity index (χ3v) is 5.30. The highest BCUT2D eigenvalue weighted by Crippen LogP contribution is 2.24. The molecule has 0 spiro atoms. The SMILES string of the molecule is CC=CCn1nc(Cc2ccccc2)nc1Cc1ccc(-c2ccccc2C(=O)O)cc1. The first-order chi connectivity index (χ1) is 15.6. The maximum atomic E-state index is 11.5. The van der Waals surface area contributed by atoms with Gasteiger partial charge in [0, 0.05) is 12.8 Å². The molecule has 160 valence electrons. The van der Waals surface area contributed by atoms with Gasteiger partial charge in [-0.15, -0.1) is 0 Å². The van der Waals surface area contributed by atoms with Crippen molar-refractivity contribution < 1.29 is 9.90 Å². The van der Waals surface area contributed by atoms with E-state index in [0.29, 0.717) is 30.5 Å². The predicted molar refractivity (Wildman–Crippen MR) is 126 cm³/mol. The van der Waals surface area contributed by atoms with E-state index in [1.54, 1.807) is 12.1 Å². The summed E-state index contributed by atoms with van der Waals surface area (Å²) in [5.74, 6) is 0.795. The van der Waals surface area contributed by atoms with Crippen molar-refractivity contribution in [1.29, 1.82) is 0 Å². The molecule has 0 saturated carbocycles. The minimum Gasteiger partial charge on any atom is -0.478 e. The molecule has 1 heterocycles. The number of nitrogens with zero attached hydrogens (tertiary/aromatic N) is 3. The number of carboxylic acid groups (broad SMARTS) is 1. The zero-order chi connectivity index (χ0) is 22.3. The van der Waals surface area contributed by atoms with Crippen molar-refractivity contribution in [2.75, 3.05) is 0 Å². The highest BCUT2D eigenvalue weighted by molar-refractivity contribution is 5.95. The van der Waals surface area contributed by atoms with Crippen LogP contribution in [-0.4, -0.2) is 25.8 Å². The van der Waals surface area contributed by atoms with Gasteiger partial charge in [0.2, 0.25) is 0 Å². The number of benzene rings is 3. The molecule has 1 aromatic heterocycles. The molecule has 5 nitrogen and oxygen atoms in total. The van der Waals surface area contributed by atoms with Crippen LogP contribution in [0.2, 0.25) is 0 Å². The number of hydrogen-bond donors (Lipinski definition) is 1. The van der Waals surface area contributed by atoms with Gasteiger partial charge in [-0.25, -0.2) is 14.5 Å². The van der Waals surface area contributed by atoms with Crippen LogP contribution in [0.1, 0.15) is 40.1 Å². The number of hydrogen-bond acceptors (Lipinski definition) is 3. The van der Waals surface area contributed by atoms with Gasteiger partial charge in [-0.3, -0.25) is 0 Å². The van der Waals surface area contributed by atoms with Gasteiger partial charge in [0.05, 0.1) is 12.1 Å². The Morgan fingerprint density at radius 2 is 1.59 bits per heavy atom. The lowest BCUT2D eigenvalue weighted by Gasteiger charge is -2.08. The normalized spacial score (nSPS) is 11.2. The molecule has 4 aromatic rings. The first kappa shape index (κ1) is 21.2. The fourth-order valence-corrected chi connectivity index (χ4v) is 3.67. The standard InChI is InChI=1S/C27H25N3O2/c1-2-3-17-30-26(28-25(29-30)18-20-9-5-4-6-10-20)19-21-13-15-22(16-14-21)23-11-7-8-12-24(23)27(31)32/h2-16H,17-19H2,1H3,(H,31,32). The Hall–Kier alpha value is -3.99. The zero-order valence-corrected chi connectivity index (χ0v) is 18.0. The highest BCUT2D eigenvalue weighted by Gasteiger charge is 2.13. The fourth-order valence-electron chi connectivity index (χ4n) is 3.67. The van der Waals surface area contributed by atoms with Crippen LogP contribution >= 0.6 is 0 Å². The molecule has 0 bridgehead atoms. The zero-order valence-electron chi connectivity index (χ0n) is 18.0. The van der Waals surface area contributed by atoms with E-state index in [9.17, 15) is 9.90 Å². The summed E-state index contributed by atoms with van der Waals surface area (Å²) in [6, 6.07) is 25.3. The second-order valence-corrected chi connectivity index (χ2v) is 7.58. The molecule has 3 aromatic carbocycles. The third-order valence-electron chi connectivity index (χ3n) is 5.30. The van der Waals surface area contributed by atoms with E-state index >= 15 is 0 Å². The average molecular weight is 424 g/mol. The first-order valence-corrected chi connectivity index (χ1v) is 10.6. The molecular weight excluding hydrogens is 398 g/mol. The topological polar surface area (TPSA) is 68.0 Å². The molecule has 32 heavy (non-hydrogen) atoms. The molecule has 0 fully saturated rings. The van der Waals surface area contributed by atoms with Gasteiger partial charge in [-0.2, -0.15) is 5.10 Å². The smallest absolute Gasteiger partial charge is 0.336 e. The number of carbonyl (C=O) groups is 1. The van der Waals surface area contributed by atoms with Crippen LogP contribution in [-0.2, 0) is 19.4 Å². The molecule has 5 heteroatoms. The van der Waals surface area contributed by atoms with Crippen molar-refractivity contribution in [1.82, 2.24) is 14.8 Å². The quantitative estimate of drug-likeness (QED) is 0.385. The Kier molecular flexibility index (Phi) is 6.56. The highest BCUT2D eigenvalue weighted by atomic mass is 16.4. The van der Waals surface area contributed by atoms with E-state index < -0.39 is 5.97 Å². The van der Waals surface area contributed by atoms with Gasteiger partial charge < -0.3 is 5.11 Å². The summed E-state index contributed by atoms with van der Waals surface area (Å²) in [5, 5.41) is 14.2. The summed E-state index contributed by atoms with van der Waals surface area (Å²) in [5.41, 5.74) is 4.18.